The van der Waals surface area contributed by atoms with Gasteiger partial charge in [-0.05, 0) is 73.0 Å². The maximum absolute atomic E-state index is 11.4. The quantitative estimate of drug-likeness (QED) is 0.731. The number of sulfonamides is 1. The molecule has 2 N–H and O–H groups in total. The second-order valence-corrected chi connectivity index (χ2v) is 8.08. The first-order chi connectivity index (χ1) is 13.5. The van der Waals surface area contributed by atoms with E-state index in [1.54, 1.807) is 18.3 Å². The molecule has 28 heavy (non-hydrogen) atoms. The molecule has 2 aromatic heterocycles. The molecule has 3 aromatic rings. The van der Waals surface area contributed by atoms with Crippen LogP contribution in [-0.4, -0.2) is 25.7 Å². The summed E-state index contributed by atoms with van der Waals surface area (Å²) in [5, 5.41) is 5.14. The molecule has 0 bridgehead atoms. The van der Waals surface area contributed by atoms with Gasteiger partial charge in [-0.1, -0.05) is 0 Å². The number of primary sulfonamides is 1. The van der Waals surface area contributed by atoms with Gasteiger partial charge in [-0.3, -0.25) is 9.98 Å². The van der Waals surface area contributed by atoms with E-state index < -0.39 is 10.0 Å². The first-order valence-corrected chi connectivity index (χ1v) is 10.4. The Kier molecular flexibility index (Phi) is 4.93. The number of nitrogens with two attached hydrogens (primary N) is 1. The largest absolute Gasteiger partial charge is 0.457 e. The zero-order chi connectivity index (χ0) is 19.6. The average molecular weight is 393 g/mol. The van der Waals surface area contributed by atoms with Gasteiger partial charge in [0.2, 0.25) is 10.0 Å². The van der Waals surface area contributed by atoms with E-state index in [0.717, 1.165) is 47.6 Å². The molecule has 0 fully saturated rings. The predicted molar refractivity (Wildman–Crippen MR) is 108 cm³/mol. The van der Waals surface area contributed by atoms with Crippen molar-refractivity contribution in [2.24, 2.45) is 10.1 Å². The number of nitrogens with zero attached hydrogens (tertiary/aromatic N) is 2. The zero-order valence-corrected chi connectivity index (χ0v) is 15.9. The average Bonchev–Trinajstić information content (AvgIpc) is 3.17. The Bertz CT molecular complexity index is 1150. The maximum Gasteiger partial charge on any atom is 0.238 e. The first-order valence-electron chi connectivity index (χ1n) is 8.89. The summed E-state index contributed by atoms with van der Waals surface area (Å²) in [7, 11) is -3.71. The second-order valence-electron chi connectivity index (χ2n) is 6.52. The normalized spacial score (nSPS) is 16.2. The molecule has 3 heterocycles. The first kappa shape index (κ1) is 18.3. The van der Waals surface area contributed by atoms with Crippen LogP contribution in [0, 0.1) is 0 Å². The van der Waals surface area contributed by atoms with Crippen molar-refractivity contribution in [2.45, 2.75) is 17.7 Å². The summed E-state index contributed by atoms with van der Waals surface area (Å²) < 4.78 is 28.7. The summed E-state index contributed by atoms with van der Waals surface area (Å²) in [5.74, 6) is 1.38. The maximum atomic E-state index is 11.4. The molecule has 6 nitrogen and oxygen atoms in total. The molecular formula is C21H19N3O3S. The molecule has 0 aliphatic carbocycles. The molecule has 0 unspecified atom stereocenters. The molecule has 0 amide bonds. The van der Waals surface area contributed by atoms with Gasteiger partial charge in [0, 0.05) is 30.1 Å². The predicted octanol–water partition coefficient (Wildman–Crippen LogP) is 3.66. The number of aromatic nitrogens is 1. The van der Waals surface area contributed by atoms with Crippen LogP contribution in [-0.2, 0) is 10.0 Å². The van der Waals surface area contributed by atoms with Crippen LogP contribution in [0.4, 0.5) is 0 Å². The summed E-state index contributed by atoms with van der Waals surface area (Å²) in [6, 6.07) is 14.0. The fourth-order valence-corrected chi connectivity index (χ4v) is 3.68. The third-order valence-electron chi connectivity index (χ3n) is 4.52. The Labute approximate surface area is 163 Å². The standard InChI is InChI=1S/C21H19N3O3S/c22-28(25,26)19-8-5-15(6-9-19)20-10-7-18(27-20)13-16-3-2-12-24-21(16)17-4-1-11-23-14-17/h1,4-11,13-14H,2-3,12H2,(H2,22,25,26)/b16-13+. The fourth-order valence-electron chi connectivity index (χ4n) is 3.17. The van der Waals surface area contributed by atoms with Gasteiger partial charge in [0.1, 0.15) is 11.5 Å². The van der Waals surface area contributed by atoms with E-state index in [1.807, 2.05) is 36.5 Å². The monoisotopic (exact) mass is 393 g/mol. The molecule has 7 heteroatoms. The van der Waals surface area contributed by atoms with Crippen LogP contribution in [0.15, 0.2) is 80.8 Å². The van der Waals surface area contributed by atoms with Crippen LogP contribution in [0.3, 0.4) is 0 Å². The molecule has 0 saturated carbocycles. The Morgan fingerprint density at radius 2 is 1.86 bits per heavy atom. The molecule has 0 atom stereocenters. The molecule has 1 aliphatic rings. The van der Waals surface area contributed by atoms with E-state index in [4.69, 9.17) is 9.56 Å². The van der Waals surface area contributed by atoms with Crippen molar-refractivity contribution in [1.29, 1.82) is 0 Å². The number of pyridine rings is 1. The third kappa shape index (κ3) is 3.95. The lowest BCUT2D eigenvalue weighted by Crippen LogP contribution is -2.11. The highest BCUT2D eigenvalue weighted by Crippen LogP contribution is 2.27. The van der Waals surface area contributed by atoms with Crippen LogP contribution in [0.2, 0.25) is 0 Å². The van der Waals surface area contributed by atoms with Crippen LogP contribution in [0.25, 0.3) is 17.4 Å². The molecular weight excluding hydrogens is 374 g/mol. The van der Waals surface area contributed by atoms with Crippen molar-refractivity contribution in [1.82, 2.24) is 4.98 Å². The minimum absolute atomic E-state index is 0.0738. The summed E-state index contributed by atoms with van der Waals surface area (Å²) >= 11 is 0. The Morgan fingerprint density at radius 3 is 2.57 bits per heavy atom. The second kappa shape index (κ2) is 7.53. The van der Waals surface area contributed by atoms with Gasteiger partial charge in [0.15, 0.2) is 0 Å². The van der Waals surface area contributed by atoms with Crippen molar-refractivity contribution >= 4 is 21.8 Å². The van der Waals surface area contributed by atoms with Crippen molar-refractivity contribution in [2.75, 3.05) is 6.54 Å². The minimum atomic E-state index is -3.71. The molecule has 1 aliphatic heterocycles. The highest BCUT2D eigenvalue weighted by atomic mass is 32.2. The topological polar surface area (TPSA) is 98.6 Å². The van der Waals surface area contributed by atoms with Gasteiger partial charge in [0.05, 0.1) is 10.6 Å². The van der Waals surface area contributed by atoms with E-state index in [0.29, 0.717) is 5.76 Å². The summed E-state index contributed by atoms with van der Waals surface area (Å²) in [6.07, 6.45) is 7.49. The highest BCUT2D eigenvalue weighted by Gasteiger charge is 2.15. The van der Waals surface area contributed by atoms with E-state index in [2.05, 4.69) is 9.98 Å². The van der Waals surface area contributed by atoms with Gasteiger partial charge in [-0.15, -0.1) is 0 Å². The molecule has 4 rings (SSSR count). The number of rotatable bonds is 4. The lowest BCUT2D eigenvalue weighted by Gasteiger charge is -2.15. The van der Waals surface area contributed by atoms with Crippen LogP contribution >= 0.6 is 0 Å². The lowest BCUT2D eigenvalue weighted by molar-refractivity contribution is 0.571. The number of hydrogen-bond donors (Lipinski definition) is 1. The van der Waals surface area contributed by atoms with Gasteiger partial charge >= 0.3 is 0 Å². The SMILES string of the molecule is NS(=O)(=O)c1ccc(-c2ccc(/C=C3\CCCN=C3c3cccnc3)o2)cc1. The van der Waals surface area contributed by atoms with Crippen molar-refractivity contribution < 1.29 is 12.8 Å². The fraction of sp³-hybridized carbons (Fsp3) is 0.143. The third-order valence-corrected chi connectivity index (χ3v) is 5.45. The number of aliphatic imine (C=N–C) groups is 1. The molecule has 1 aromatic carbocycles. The summed E-state index contributed by atoms with van der Waals surface area (Å²) in [5.41, 5.74) is 3.85. The van der Waals surface area contributed by atoms with Gasteiger partial charge in [-0.2, -0.15) is 0 Å². The van der Waals surface area contributed by atoms with Crippen molar-refractivity contribution in [3.8, 4) is 11.3 Å². The minimum Gasteiger partial charge on any atom is -0.457 e. The Morgan fingerprint density at radius 1 is 1.04 bits per heavy atom. The smallest absolute Gasteiger partial charge is 0.238 e. The van der Waals surface area contributed by atoms with Crippen LogP contribution in [0.5, 0.6) is 0 Å². The zero-order valence-electron chi connectivity index (χ0n) is 15.1. The number of hydrogen-bond acceptors (Lipinski definition) is 5. The van der Waals surface area contributed by atoms with Crippen LogP contribution in [0.1, 0.15) is 24.2 Å². The molecule has 0 spiro atoms. The summed E-state index contributed by atoms with van der Waals surface area (Å²) in [4.78, 5) is 8.93. The lowest BCUT2D eigenvalue weighted by atomic mass is 9.96. The number of furan rings is 1. The van der Waals surface area contributed by atoms with Crippen molar-refractivity contribution in [3.63, 3.8) is 0 Å². The van der Waals surface area contributed by atoms with E-state index in [-0.39, 0.29) is 4.90 Å². The molecule has 0 saturated heterocycles. The van der Waals surface area contributed by atoms with Crippen LogP contribution < -0.4 is 5.14 Å². The molecule has 0 radical (unpaired) electrons. The number of allylic oxidation sites excluding steroid dienone is 1. The Balaban J connectivity index is 1.62. The highest BCUT2D eigenvalue weighted by molar-refractivity contribution is 7.89. The molecule has 142 valence electrons. The number of benzene rings is 1. The van der Waals surface area contributed by atoms with Gasteiger partial charge in [-0.25, -0.2) is 13.6 Å². The summed E-state index contributed by atoms with van der Waals surface area (Å²) in [6.45, 7) is 0.807. The van der Waals surface area contributed by atoms with Gasteiger partial charge < -0.3 is 4.42 Å². The Hall–Kier alpha value is -3.03. The van der Waals surface area contributed by atoms with Crippen molar-refractivity contribution in [3.05, 3.63) is 77.8 Å². The van der Waals surface area contributed by atoms with E-state index in [9.17, 15) is 8.42 Å². The van der Waals surface area contributed by atoms with E-state index in [1.165, 1.54) is 12.1 Å². The van der Waals surface area contributed by atoms with Gasteiger partial charge in [0.25, 0.3) is 0 Å². The van der Waals surface area contributed by atoms with E-state index >= 15 is 0 Å².